The van der Waals surface area contributed by atoms with Crippen molar-refractivity contribution in [3.05, 3.63) is 35.1 Å². The van der Waals surface area contributed by atoms with Crippen LogP contribution in [0.1, 0.15) is 37.8 Å². The van der Waals surface area contributed by atoms with Gasteiger partial charge < -0.3 is 9.84 Å². The first-order valence-corrected chi connectivity index (χ1v) is 6.64. The molecule has 0 radical (unpaired) electrons. The molecule has 1 aromatic rings. The molecule has 0 saturated heterocycles. The Morgan fingerprint density at radius 3 is 2.74 bits per heavy atom. The molecule has 1 rings (SSSR count). The summed E-state index contributed by atoms with van der Waals surface area (Å²) >= 11 is 0. The number of aryl methyl sites for hydroxylation is 2. The minimum atomic E-state index is -0.386. The zero-order chi connectivity index (χ0) is 14.3. The molecule has 1 N–H and O–H groups in total. The third-order valence-corrected chi connectivity index (χ3v) is 2.90. The van der Waals surface area contributed by atoms with Gasteiger partial charge >= 0.3 is 5.97 Å². The van der Waals surface area contributed by atoms with Crippen molar-refractivity contribution in [3.8, 4) is 0 Å². The quantitative estimate of drug-likeness (QED) is 0.773. The smallest absolute Gasteiger partial charge is 0.306 e. The molecule has 106 valence electrons. The summed E-state index contributed by atoms with van der Waals surface area (Å²) in [5.74, 6) is -0.576. The van der Waals surface area contributed by atoms with Gasteiger partial charge in [-0.1, -0.05) is 6.07 Å². The van der Waals surface area contributed by atoms with Crippen molar-refractivity contribution in [1.82, 2.24) is 0 Å². The predicted octanol–water partition coefficient (Wildman–Crippen LogP) is 2.63. The summed E-state index contributed by atoms with van der Waals surface area (Å²) in [6.45, 7) is 3.84. The van der Waals surface area contributed by atoms with Crippen molar-refractivity contribution in [1.29, 1.82) is 0 Å². The van der Waals surface area contributed by atoms with E-state index in [4.69, 9.17) is 4.74 Å². The maximum absolute atomic E-state index is 13.3. The first-order chi connectivity index (χ1) is 9.02. The van der Waals surface area contributed by atoms with Gasteiger partial charge in [0.25, 0.3) is 0 Å². The molecule has 0 aromatic heterocycles. The Bertz CT molecular complexity index is 416. The number of esters is 1. The molecule has 19 heavy (non-hydrogen) atoms. The van der Waals surface area contributed by atoms with E-state index < -0.39 is 0 Å². The standard InChI is InChI=1S/C15H21FO3/c1-3-19-15(18)9-7-13-10-14(16)8-6-12(13)5-4-11(2)17/h6,8,10-11,17H,3-5,7,9H2,1-2H3. The third kappa shape index (κ3) is 5.83. The maximum atomic E-state index is 13.3. The SMILES string of the molecule is CCOC(=O)CCc1cc(F)ccc1CCC(C)O. The second-order valence-electron chi connectivity index (χ2n) is 4.61. The van der Waals surface area contributed by atoms with E-state index in [-0.39, 0.29) is 24.3 Å². The van der Waals surface area contributed by atoms with Crippen LogP contribution in [0.4, 0.5) is 4.39 Å². The van der Waals surface area contributed by atoms with E-state index in [0.717, 1.165) is 11.1 Å². The van der Waals surface area contributed by atoms with Crippen molar-refractivity contribution in [2.24, 2.45) is 0 Å². The van der Waals surface area contributed by atoms with Gasteiger partial charge in [-0.05, 0) is 56.4 Å². The highest BCUT2D eigenvalue weighted by molar-refractivity contribution is 5.69. The first-order valence-electron chi connectivity index (χ1n) is 6.64. The van der Waals surface area contributed by atoms with Crippen LogP contribution in [-0.4, -0.2) is 23.8 Å². The fraction of sp³-hybridized carbons (Fsp3) is 0.533. The highest BCUT2D eigenvalue weighted by Crippen LogP contribution is 2.16. The van der Waals surface area contributed by atoms with Gasteiger partial charge in [0, 0.05) is 6.42 Å². The Balaban J connectivity index is 2.68. The molecule has 0 aliphatic carbocycles. The van der Waals surface area contributed by atoms with Crippen LogP contribution in [0.15, 0.2) is 18.2 Å². The van der Waals surface area contributed by atoms with Gasteiger partial charge in [-0.25, -0.2) is 4.39 Å². The lowest BCUT2D eigenvalue weighted by atomic mass is 9.98. The van der Waals surface area contributed by atoms with Crippen molar-refractivity contribution >= 4 is 5.97 Å². The first kappa shape index (κ1) is 15.6. The number of halogens is 1. The van der Waals surface area contributed by atoms with Gasteiger partial charge in [0.05, 0.1) is 12.7 Å². The predicted molar refractivity (Wildman–Crippen MR) is 71.4 cm³/mol. The fourth-order valence-corrected chi connectivity index (χ4v) is 1.91. The van der Waals surface area contributed by atoms with Gasteiger partial charge in [-0.3, -0.25) is 4.79 Å². The van der Waals surface area contributed by atoms with Crippen LogP contribution < -0.4 is 0 Å². The number of ether oxygens (including phenoxy) is 1. The number of carbonyl (C=O) groups excluding carboxylic acids is 1. The summed E-state index contributed by atoms with van der Waals surface area (Å²) in [5.41, 5.74) is 1.79. The van der Waals surface area contributed by atoms with Crippen LogP contribution in [-0.2, 0) is 22.4 Å². The van der Waals surface area contributed by atoms with Crippen LogP contribution in [0.25, 0.3) is 0 Å². The van der Waals surface area contributed by atoms with E-state index in [0.29, 0.717) is 25.9 Å². The molecule has 0 aliphatic heterocycles. The van der Waals surface area contributed by atoms with E-state index in [1.54, 1.807) is 19.9 Å². The van der Waals surface area contributed by atoms with Gasteiger partial charge in [-0.15, -0.1) is 0 Å². The second-order valence-corrected chi connectivity index (χ2v) is 4.61. The van der Waals surface area contributed by atoms with Gasteiger partial charge in [0.1, 0.15) is 5.82 Å². The average Bonchev–Trinajstić information content (AvgIpc) is 2.35. The van der Waals surface area contributed by atoms with Crippen molar-refractivity contribution < 1.29 is 19.0 Å². The topological polar surface area (TPSA) is 46.5 Å². The molecule has 0 aliphatic rings. The molecule has 1 unspecified atom stereocenters. The summed E-state index contributed by atoms with van der Waals surface area (Å²) in [6.07, 6.45) is 1.63. The molecule has 0 saturated carbocycles. The monoisotopic (exact) mass is 268 g/mol. The number of aliphatic hydroxyl groups is 1. The summed E-state index contributed by atoms with van der Waals surface area (Å²) in [5, 5.41) is 9.30. The van der Waals surface area contributed by atoms with E-state index in [1.807, 2.05) is 0 Å². The average molecular weight is 268 g/mol. The lowest BCUT2D eigenvalue weighted by Gasteiger charge is -2.11. The minimum absolute atomic E-state index is 0.249. The zero-order valence-corrected chi connectivity index (χ0v) is 11.5. The van der Waals surface area contributed by atoms with Crippen LogP contribution in [0.3, 0.4) is 0 Å². The molecule has 0 fully saturated rings. The Labute approximate surface area is 113 Å². The third-order valence-electron chi connectivity index (χ3n) is 2.90. The van der Waals surface area contributed by atoms with E-state index >= 15 is 0 Å². The van der Waals surface area contributed by atoms with Crippen LogP contribution >= 0.6 is 0 Å². The van der Waals surface area contributed by atoms with Gasteiger partial charge in [0.15, 0.2) is 0 Å². The molecule has 1 aromatic carbocycles. The summed E-state index contributed by atoms with van der Waals surface area (Å²) in [7, 11) is 0. The lowest BCUT2D eigenvalue weighted by Crippen LogP contribution is -2.08. The Morgan fingerprint density at radius 1 is 1.37 bits per heavy atom. The van der Waals surface area contributed by atoms with Gasteiger partial charge in [-0.2, -0.15) is 0 Å². The van der Waals surface area contributed by atoms with Crippen molar-refractivity contribution in [2.75, 3.05) is 6.61 Å². The molecule has 4 heteroatoms. The molecular formula is C15H21FO3. The number of benzene rings is 1. The molecular weight excluding hydrogens is 247 g/mol. The molecule has 0 spiro atoms. The van der Waals surface area contributed by atoms with E-state index in [2.05, 4.69) is 0 Å². The Kier molecular flexibility index (Phi) is 6.50. The summed E-state index contributed by atoms with van der Waals surface area (Å²) < 4.78 is 18.1. The molecule has 0 heterocycles. The molecule has 0 bridgehead atoms. The molecule has 1 atom stereocenters. The second kappa shape index (κ2) is 7.89. The maximum Gasteiger partial charge on any atom is 0.306 e. The van der Waals surface area contributed by atoms with Crippen LogP contribution in [0, 0.1) is 5.82 Å². The van der Waals surface area contributed by atoms with Crippen LogP contribution in [0.2, 0.25) is 0 Å². The number of hydrogen-bond acceptors (Lipinski definition) is 3. The lowest BCUT2D eigenvalue weighted by molar-refractivity contribution is -0.143. The summed E-state index contributed by atoms with van der Waals surface area (Å²) in [4.78, 5) is 11.3. The number of rotatable bonds is 7. The number of aliphatic hydroxyl groups excluding tert-OH is 1. The van der Waals surface area contributed by atoms with Crippen molar-refractivity contribution in [2.45, 2.75) is 45.6 Å². The van der Waals surface area contributed by atoms with Crippen LogP contribution in [0.5, 0.6) is 0 Å². The van der Waals surface area contributed by atoms with E-state index in [1.165, 1.54) is 12.1 Å². The number of hydrogen-bond donors (Lipinski definition) is 1. The normalized spacial score (nSPS) is 12.2. The Hall–Kier alpha value is -1.42. The highest BCUT2D eigenvalue weighted by Gasteiger charge is 2.09. The summed E-state index contributed by atoms with van der Waals surface area (Å²) in [6, 6.07) is 4.58. The van der Waals surface area contributed by atoms with E-state index in [9.17, 15) is 14.3 Å². The Morgan fingerprint density at radius 2 is 2.11 bits per heavy atom. The van der Waals surface area contributed by atoms with Crippen molar-refractivity contribution in [3.63, 3.8) is 0 Å². The molecule has 3 nitrogen and oxygen atoms in total. The largest absolute Gasteiger partial charge is 0.466 e. The minimum Gasteiger partial charge on any atom is -0.466 e. The number of carbonyl (C=O) groups is 1. The fourth-order valence-electron chi connectivity index (χ4n) is 1.91. The van der Waals surface area contributed by atoms with Gasteiger partial charge in [0.2, 0.25) is 0 Å². The highest BCUT2D eigenvalue weighted by atomic mass is 19.1. The zero-order valence-electron chi connectivity index (χ0n) is 11.5. The molecule has 0 amide bonds.